The molecule has 1 amide bonds. The largest absolute Gasteiger partial charge is 0.343 e. The number of anilines is 1. The summed E-state index contributed by atoms with van der Waals surface area (Å²) in [4.78, 5) is 25.2. The van der Waals surface area contributed by atoms with Gasteiger partial charge in [-0.25, -0.2) is 4.98 Å². The summed E-state index contributed by atoms with van der Waals surface area (Å²) in [6.45, 7) is 5.43. The Kier molecular flexibility index (Phi) is 4.78. The molecular weight excluding hydrogens is 306 g/mol. The molecule has 0 bridgehead atoms. The van der Waals surface area contributed by atoms with Crippen molar-refractivity contribution < 1.29 is 9.32 Å². The summed E-state index contributed by atoms with van der Waals surface area (Å²) >= 11 is 0. The minimum atomic E-state index is -0.132. The molecule has 2 aromatic rings. The molecule has 3 rings (SSSR count). The molecule has 0 radical (unpaired) electrons. The molecule has 1 aliphatic heterocycles. The van der Waals surface area contributed by atoms with Gasteiger partial charge in [-0.3, -0.25) is 4.79 Å². The van der Waals surface area contributed by atoms with Crippen molar-refractivity contribution >= 4 is 11.7 Å². The number of aryl methyl sites for hydroxylation is 1. The van der Waals surface area contributed by atoms with Crippen LogP contribution < -0.4 is 4.90 Å². The smallest absolute Gasteiger partial charge is 0.259 e. The number of nitrogens with zero attached hydrogens (tertiary/aromatic N) is 5. The van der Waals surface area contributed by atoms with Crippen molar-refractivity contribution in [2.45, 2.75) is 39.2 Å². The predicted octanol–water partition coefficient (Wildman–Crippen LogP) is 2.28. The van der Waals surface area contributed by atoms with E-state index in [1.165, 1.54) is 0 Å². The summed E-state index contributed by atoms with van der Waals surface area (Å²) in [5, 5.41) is 3.79. The molecule has 0 aliphatic carbocycles. The van der Waals surface area contributed by atoms with Crippen LogP contribution in [0, 0.1) is 6.92 Å². The third-order valence-corrected chi connectivity index (χ3v) is 4.36. The number of carbonyl (C=O) groups is 1. The van der Waals surface area contributed by atoms with Crippen LogP contribution in [0.15, 0.2) is 22.9 Å². The van der Waals surface area contributed by atoms with Crippen molar-refractivity contribution in [3.05, 3.63) is 24.2 Å². The van der Waals surface area contributed by atoms with Crippen molar-refractivity contribution in [2.24, 2.45) is 0 Å². The monoisotopic (exact) mass is 329 g/mol. The van der Waals surface area contributed by atoms with E-state index >= 15 is 0 Å². The number of hydrogen-bond donors (Lipinski definition) is 0. The van der Waals surface area contributed by atoms with E-state index in [9.17, 15) is 4.79 Å². The van der Waals surface area contributed by atoms with Gasteiger partial charge in [0.25, 0.3) is 5.89 Å². The van der Waals surface area contributed by atoms with Crippen LogP contribution in [0.25, 0.3) is 11.5 Å². The first-order valence-corrected chi connectivity index (χ1v) is 8.38. The van der Waals surface area contributed by atoms with Crippen LogP contribution in [0.5, 0.6) is 0 Å². The summed E-state index contributed by atoms with van der Waals surface area (Å²) in [5.74, 6) is 2.05. The fourth-order valence-corrected chi connectivity index (χ4v) is 2.96. The van der Waals surface area contributed by atoms with Gasteiger partial charge in [-0.1, -0.05) is 24.9 Å². The molecule has 2 aromatic heterocycles. The molecule has 0 spiro atoms. The van der Waals surface area contributed by atoms with Crippen LogP contribution in [0.4, 0.5) is 5.82 Å². The molecule has 0 N–H and O–H groups in total. The first-order chi connectivity index (χ1) is 11.6. The number of carbonyl (C=O) groups excluding carboxylic acids is 1. The number of aromatic nitrogens is 3. The molecule has 24 heavy (non-hydrogen) atoms. The van der Waals surface area contributed by atoms with Crippen LogP contribution in [0.2, 0.25) is 0 Å². The molecule has 128 valence electrons. The van der Waals surface area contributed by atoms with E-state index in [0.717, 1.165) is 37.2 Å². The van der Waals surface area contributed by atoms with Crippen LogP contribution in [-0.4, -0.2) is 52.1 Å². The SMILES string of the molecule is CCCCC1C(=O)N(C)CCN1c1ccc(-c2nc(C)no2)cn1. The topological polar surface area (TPSA) is 75.4 Å². The second-order valence-electron chi connectivity index (χ2n) is 6.16. The van der Waals surface area contributed by atoms with E-state index in [4.69, 9.17) is 4.52 Å². The van der Waals surface area contributed by atoms with Crippen LogP contribution in [-0.2, 0) is 4.79 Å². The van der Waals surface area contributed by atoms with E-state index in [-0.39, 0.29) is 11.9 Å². The third-order valence-electron chi connectivity index (χ3n) is 4.36. The third kappa shape index (κ3) is 3.25. The molecular formula is C17H23N5O2. The van der Waals surface area contributed by atoms with Crippen LogP contribution in [0.3, 0.4) is 0 Å². The number of likely N-dealkylation sites (N-methyl/N-ethyl adjacent to an activating group) is 1. The van der Waals surface area contributed by atoms with Crippen molar-refractivity contribution in [3.8, 4) is 11.5 Å². The van der Waals surface area contributed by atoms with E-state index in [1.807, 2.05) is 24.1 Å². The Morgan fingerprint density at radius 3 is 2.79 bits per heavy atom. The first kappa shape index (κ1) is 16.4. The standard InChI is InChI=1S/C17H23N5O2/c1-4-5-6-14-17(23)21(3)9-10-22(14)15-8-7-13(11-18-15)16-19-12(2)20-24-16/h7-8,11,14H,4-6,9-10H2,1-3H3. The quantitative estimate of drug-likeness (QED) is 0.838. The second-order valence-corrected chi connectivity index (χ2v) is 6.16. The first-order valence-electron chi connectivity index (χ1n) is 8.38. The maximum absolute atomic E-state index is 12.5. The predicted molar refractivity (Wildman–Crippen MR) is 90.6 cm³/mol. The molecule has 1 aliphatic rings. The Bertz CT molecular complexity index is 697. The zero-order chi connectivity index (χ0) is 17.1. The highest BCUT2D eigenvalue weighted by molar-refractivity contribution is 5.86. The second kappa shape index (κ2) is 6.98. The fourth-order valence-electron chi connectivity index (χ4n) is 2.96. The lowest BCUT2D eigenvalue weighted by atomic mass is 10.0. The molecule has 3 heterocycles. The van der Waals surface area contributed by atoms with Gasteiger partial charge in [0, 0.05) is 26.3 Å². The van der Waals surface area contributed by atoms with Crippen molar-refractivity contribution in [1.82, 2.24) is 20.0 Å². The zero-order valence-corrected chi connectivity index (χ0v) is 14.4. The van der Waals surface area contributed by atoms with E-state index < -0.39 is 0 Å². The molecule has 1 atom stereocenters. The number of unbranched alkanes of at least 4 members (excludes halogenated alkanes) is 1. The van der Waals surface area contributed by atoms with Gasteiger partial charge in [0.1, 0.15) is 11.9 Å². The maximum Gasteiger partial charge on any atom is 0.259 e. The zero-order valence-electron chi connectivity index (χ0n) is 14.4. The van der Waals surface area contributed by atoms with E-state index in [2.05, 4.69) is 26.9 Å². The highest BCUT2D eigenvalue weighted by Gasteiger charge is 2.33. The van der Waals surface area contributed by atoms with Crippen molar-refractivity contribution in [1.29, 1.82) is 0 Å². The molecule has 1 saturated heterocycles. The lowest BCUT2D eigenvalue weighted by Crippen LogP contribution is -2.56. The van der Waals surface area contributed by atoms with Gasteiger partial charge < -0.3 is 14.3 Å². The Morgan fingerprint density at radius 1 is 1.33 bits per heavy atom. The Balaban J connectivity index is 1.82. The normalized spacial score (nSPS) is 18.3. The number of amides is 1. The molecule has 0 saturated carbocycles. The lowest BCUT2D eigenvalue weighted by Gasteiger charge is -2.40. The molecule has 7 heteroatoms. The Labute approximate surface area is 141 Å². The number of piperazine rings is 1. The van der Waals surface area contributed by atoms with Gasteiger partial charge in [0.05, 0.1) is 5.56 Å². The molecule has 1 fully saturated rings. The molecule has 1 unspecified atom stereocenters. The number of rotatable bonds is 5. The summed E-state index contributed by atoms with van der Waals surface area (Å²) < 4.78 is 5.17. The molecule has 7 nitrogen and oxygen atoms in total. The Hall–Kier alpha value is -2.44. The highest BCUT2D eigenvalue weighted by atomic mass is 16.5. The van der Waals surface area contributed by atoms with Gasteiger partial charge in [-0.2, -0.15) is 4.98 Å². The summed E-state index contributed by atoms with van der Waals surface area (Å²) in [7, 11) is 1.87. The van der Waals surface area contributed by atoms with E-state index in [1.54, 1.807) is 13.1 Å². The van der Waals surface area contributed by atoms with Gasteiger partial charge >= 0.3 is 0 Å². The van der Waals surface area contributed by atoms with Crippen LogP contribution in [0.1, 0.15) is 32.0 Å². The van der Waals surface area contributed by atoms with Crippen molar-refractivity contribution in [3.63, 3.8) is 0 Å². The summed E-state index contributed by atoms with van der Waals surface area (Å²) in [6, 6.07) is 3.70. The molecule has 0 aromatic carbocycles. The average molecular weight is 329 g/mol. The highest BCUT2D eigenvalue weighted by Crippen LogP contribution is 2.24. The Morgan fingerprint density at radius 2 is 2.17 bits per heavy atom. The van der Waals surface area contributed by atoms with Gasteiger partial charge in [0.2, 0.25) is 5.91 Å². The van der Waals surface area contributed by atoms with Crippen molar-refractivity contribution in [2.75, 3.05) is 25.0 Å². The van der Waals surface area contributed by atoms with Gasteiger partial charge in [-0.05, 0) is 25.5 Å². The van der Waals surface area contributed by atoms with E-state index in [0.29, 0.717) is 18.3 Å². The van der Waals surface area contributed by atoms with Gasteiger partial charge in [0.15, 0.2) is 5.82 Å². The van der Waals surface area contributed by atoms with Gasteiger partial charge in [-0.15, -0.1) is 0 Å². The van der Waals surface area contributed by atoms with Crippen LogP contribution >= 0.6 is 0 Å². The lowest BCUT2D eigenvalue weighted by molar-refractivity contribution is -0.133. The minimum absolute atomic E-state index is 0.132. The summed E-state index contributed by atoms with van der Waals surface area (Å²) in [5.41, 5.74) is 0.782. The summed E-state index contributed by atoms with van der Waals surface area (Å²) in [6.07, 6.45) is 4.68. The number of pyridine rings is 1. The average Bonchev–Trinajstić information content (AvgIpc) is 3.03. The maximum atomic E-state index is 12.5. The number of hydrogen-bond acceptors (Lipinski definition) is 6. The fraction of sp³-hybridized carbons (Fsp3) is 0.529. The minimum Gasteiger partial charge on any atom is -0.343 e.